The number of Topliss-reactive ketones (excluding diaryl/α,β-unsaturated/α-hetero) is 1. The van der Waals surface area contributed by atoms with Gasteiger partial charge >= 0.3 is 0 Å². The maximum Gasteiger partial charge on any atom is 0.221 e. The van der Waals surface area contributed by atoms with Gasteiger partial charge < -0.3 is 31.7 Å². The minimum Gasteiger partial charge on any atom is -0.506 e. The third-order valence-corrected chi connectivity index (χ3v) is 13.5. The highest BCUT2D eigenvalue weighted by atomic mass is 16.3. The summed E-state index contributed by atoms with van der Waals surface area (Å²) < 4.78 is 0. The zero-order valence-corrected chi connectivity index (χ0v) is 34.5. The van der Waals surface area contributed by atoms with E-state index in [9.17, 15) is 14.7 Å². The fourth-order valence-electron chi connectivity index (χ4n) is 10.9. The van der Waals surface area contributed by atoms with Crippen molar-refractivity contribution in [2.24, 2.45) is 4.99 Å². The van der Waals surface area contributed by atoms with Crippen LogP contribution in [0.4, 0.5) is 28.4 Å². The van der Waals surface area contributed by atoms with Crippen molar-refractivity contribution in [3.05, 3.63) is 190 Å². The fraction of sp³-hybridized carbons (Fsp3) is 0.0741. The number of nitrogens with one attached hydrogen (secondary N) is 5. The largest absolute Gasteiger partial charge is 0.506 e. The van der Waals surface area contributed by atoms with E-state index in [1.807, 2.05) is 121 Å². The SMILES string of the molecule is CC(=O)Nc1ccc2c(c1)C1(N=c3cccc4cc/c(=C5\C(=O)C(c6ccc7cccc8c7c6NC6(N8)c7ccccc7-c7ccc(NC(C)=O)cc76)=C5O)c(c34)N1)c1ccccc1-2. The van der Waals surface area contributed by atoms with Crippen LogP contribution >= 0.6 is 0 Å². The average Bonchev–Trinajstić information content (AvgIpc) is 3.69. The molecule has 8 aromatic rings. The molecule has 0 saturated heterocycles. The number of aliphatic hydroxyl groups is 1. The van der Waals surface area contributed by atoms with Crippen LogP contribution in [-0.4, -0.2) is 22.7 Å². The van der Waals surface area contributed by atoms with E-state index < -0.39 is 11.3 Å². The number of nitrogens with zero attached hydrogens (tertiary/aromatic N) is 1. The molecule has 6 N–H and O–H groups in total. The standard InChI is InChI=1S/C54H36N6O4/c1-27(61)55-31-19-23-35-33-11-3-5-13-39(33)53(41(35)25-31)57-43-15-7-9-29-17-21-37(49(59-53)45(29)43)47-51(63)48(52(47)64)38-22-18-30-10-8-16-44-46(30)50(38)60-54(58-44)40-14-6-4-12-34(40)36-24-20-32(26-42(36)54)56-28(2)62/h3-26,57,59-60,63H,1-2H3,(H,55,61)(H,56,62)/b48-38+. The summed E-state index contributed by atoms with van der Waals surface area (Å²) in [6.07, 6.45) is 0. The molecule has 5 aliphatic rings. The first-order valence-corrected chi connectivity index (χ1v) is 21.2. The van der Waals surface area contributed by atoms with Gasteiger partial charge in [0.2, 0.25) is 17.6 Å². The zero-order chi connectivity index (χ0) is 43.2. The third kappa shape index (κ3) is 4.68. The number of carbonyl (C=O) groups is 3. The summed E-state index contributed by atoms with van der Waals surface area (Å²) in [5.74, 6) is -0.734. The molecule has 0 fully saturated rings. The van der Waals surface area contributed by atoms with E-state index in [2.05, 4.69) is 50.8 Å². The summed E-state index contributed by atoms with van der Waals surface area (Å²) >= 11 is 0. The molecular weight excluding hydrogens is 797 g/mol. The first kappa shape index (κ1) is 36.2. The predicted octanol–water partition coefficient (Wildman–Crippen LogP) is 9.26. The summed E-state index contributed by atoms with van der Waals surface area (Å²) in [5, 5.41) is 34.9. The molecule has 13 rings (SSSR count). The van der Waals surface area contributed by atoms with Crippen molar-refractivity contribution < 1.29 is 19.5 Å². The molecule has 2 spiro atoms. The Balaban J connectivity index is 1.01. The summed E-state index contributed by atoms with van der Waals surface area (Å²) in [6.45, 7) is 2.98. The first-order chi connectivity index (χ1) is 31.1. The molecule has 0 aromatic heterocycles. The third-order valence-electron chi connectivity index (χ3n) is 13.5. The normalized spacial score (nSPS) is 19.8. The highest BCUT2D eigenvalue weighted by molar-refractivity contribution is 6.52. The Kier molecular flexibility index (Phi) is 7.09. The first-order valence-electron chi connectivity index (χ1n) is 21.2. The highest BCUT2D eigenvalue weighted by Gasteiger charge is 2.49. The molecule has 2 atom stereocenters. The van der Waals surface area contributed by atoms with Crippen LogP contribution in [0.5, 0.6) is 0 Å². The van der Waals surface area contributed by atoms with Crippen LogP contribution < -0.4 is 37.2 Å². The van der Waals surface area contributed by atoms with Crippen LogP contribution in [0, 0.1) is 0 Å². The minimum atomic E-state index is -1.11. The topological polar surface area (TPSA) is 144 Å². The lowest BCUT2D eigenvalue weighted by Crippen LogP contribution is -2.45. The lowest BCUT2D eigenvalue weighted by molar-refractivity contribution is -0.115. The van der Waals surface area contributed by atoms with Crippen molar-refractivity contribution in [3.63, 3.8) is 0 Å². The van der Waals surface area contributed by atoms with E-state index in [0.717, 1.165) is 77.1 Å². The van der Waals surface area contributed by atoms with Crippen molar-refractivity contribution >= 4 is 78.7 Å². The lowest BCUT2D eigenvalue weighted by Gasteiger charge is -2.41. The maximum atomic E-state index is 15.1. The molecule has 2 unspecified atom stereocenters. The predicted molar refractivity (Wildman–Crippen MR) is 251 cm³/mol. The Morgan fingerprint density at radius 1 is 0.547 bits per heavy atom. The molecule has 306 valence electrons. The molecule has 0 radical (unpaired) electrons. The van der Waals surface area contributed by atoms with Gasteiger partial charge in [0.1, 0.15) is 5.76 Å². The van der Waals surface area contributed by atoms with Gasteiger partial charge in [-0.15, -0.1) is 0 Å². The Morgan fingerprint density at radius 2 is 1.16 bits per heavy atom. The maximum absolute atomic E-state index is 15.1. The smallest absolute Gasteiger partial charge is 0.221 e. The van der Waals surface area contributed by atoms with Crippen LogP contribution in [0.3, 0.4) is 0 Å². The van der Waals surface area contributed by atoms with Gasteiger partial charge in [0.05, 0.1) is 27.9 Å². The van der Waals surface area contributed by atoms with E-state index in [4.69, 9.17) is 4.99 Å². The van der Waals surface area contributed by atoms with Crippen molar-refractivity contribution in [1.29, 1.82) is 0 Å². The second-order valence-corrected chi connectivity index (χ2v) is 17.1. The summed E-state index contributed by atoms with van der Waals surface area (Å²) in [5.41, 5.74) is 10.2. The summed E-state index contributed by atoms with van der Waals surface area (Å²) in [4.78, 5) is 45.0. The number of hydrogen-bond acceptors (Lipinski definition) is 8. The van der Waals surface area contributed by atoms with Crippen LogP contribution in [0.15, 0.2) is 156 Å². The Morgan fingerprint density at radius 3 is 1.89 bits per heavy atom. The van der Waals surface area contributed by atoms with E-state index in [-0.39, 0.29) is 34.5 Å². The molecule has 10 nitrogen and oxygen atoms in total. The molecular formula is C54H36N6O4. The molecule has 8 aromatic carbocycles. The number of rotatable bonds is 3. The van der Waals surface area contributed by atoms with Gasteiger partial charge in [0.25, 0.3) is 0 Å². The number of ketones is 1. The van der Waals surface area contributed by atoms with E-state index in [0.29, 0.717) is 33.5 Å². The van der Waals surface area contributed by atoms with Crippen molar-refractivity contribution in [2.75, 3.05) is 26.6 Å². The number of allylic oxidation sites excluding steroid dienone is 2. The molecule has 10 heteroatoms. The quantitative estimate of drug-likeness (QED) is 0.104. The van der Waals surface area contributed by atoms with Gasteiger partial charge in [-0.05, 0) is 69.4 Å². The molecule has 0 saturated carbocycles. The Hall–Kier alpha value is -8.50. The Bertz CT molecular complexity index is 3720. The molecule has 2 aliphatic heterocycles. The monoisotopic (exact) mass is 832 g/mol. The second-order valence-electron chi connectivity index (χ2n) is 17.1. The minimum absolute atomic E-state index is 0.0979. The summed E-state index contributed by atoms with van der Waals surface area (Å²) in [7, 11) is 0. The number of amides is 2. The fourth-order valence-corrected chi connectivity index (χ4v) is 10.9. The number of benzene rings is 8. The number of hydrogen-bond donors (Lipinski definition) is 6. The summed E-state index contributed by atoms with van der Waals surface area (Å²) in [6, 6.07) is 48.0. The van der Waals surface area contributed by atoms with Gasteiger partial charge in [-0.25, -0.2) is 4.99 Å². The van der Waals surface area contributed by atoms with Crippen LogP contribution in [0.25, 0.3) is 54.9 Å². The highest BCUT2D eigenvalue weighted by Crippen LogP contribution is 2.56. The van der Waals surface area contributed by atoms with Gasteiger partial charge in [0.15, 0.2) is 11.3 Å². The lowest BCUT2D eigenvalue weighted by atomic mass is 9.79. The Labute approximate surface area is 365 Å². The van der Waals surface area contributed by atoms with E-state index >= 15 is 4.79 Å². The number of carbonyl (C=O) groups excluding carboxylic acids is 3. The second kappa shape index (κ2) is 12.5. The number of fused-ring (bicyclic) bond motifs is 10. The average molecular weight is 833 g/mol. The van der Waals surface area contributed by atoms with E-state index in [1.165, 1.54) is 13.8 Å². The molecule has 2 heterocycles. The van der Waals surface area contributed by atoms with Crippen molar-refractivity contribution in [2.45, 2.75) is 25.2 Å². The molecule has 0 bridgehead atoms. The van der Waals surface area contributed by atoms with Gasteiger partial charge in [-0.3, -0.25) is 14.4 Å². The van der Waals surface area contributed by atoms with Crippen LogP contribution in [0.2, 0.25) is 0 Å². The molecule has 2 amide bonds. The van der Waals surface area contributed by atoms with Gasteiger partial charge in [-0.2, -0.15) is 0 Å². The van der Waals surface area contributed by atoms with Crippen LogP contribution in [-0.2, 0) is 25.7 Å². The van der Waals surface area contributed by atoms with Gasteiger partial charge in [0, 0.05) is 74.7 Å². The zero-order valence-electron chi connectivity index (χ0n) is 34.5. The van der Waals surface area contributed by atoms with Crippen molar-refractivity contribution in [1.82, 2.24) is 0 Å². The molecule has 3 aliphatic carbocycles. The molecule has 64 heavy (non-hydrogen) atoms. The van der Waals surface area contributed by atoms with E-state index in [1.54, 1.807) is 0 Å². The number of anilines is 5. The number of aliphatic hydroxyl groups excluding tert-OH is 1. The van der Waals surface area contributed by atoms with Crippen LogP contribution in [0.1, 0.15) is 41.7 Å². The van der Waals surface area contributed by atoms with Gasteiger partial charge in [-0.1, -0.05) is 109 Å². The van der Waals surface area contributed by atoms with Crippen molar-refractivity contribution in [3.8, 4) is 22.3 Å².